The number of rotatable bonds is 5. The standard InChI is InChI=1S/C22H19BF2N2O4/c1-30-21-18(25)17(24)10-15-19(21)27(12-16(20(15)28)22(29)31-23)14-6-4-13(5-7-14)11-26-8-2-3-9-26/h4-7,10,12H,2-3,8-9,11H2,1H3. The number of likely N-dealkylation sites (tertiary alicyclic amines) is 1. The van der Waals surface area contributed by atoms with Gasteiger partial charge in [-0.1, -0.05) is 12.1 Å². The SMILES string of the molecule is [B]OC(=O)c1cn(-c2ccc(CN3CCCC3)cc2)c2c(OC)c(F)c(F)cc2c1=O. The molecule has 31 heavy (non-hydrogen) atoms. The van der Waals surface area contributed by atoms with Crippen LogP contribution in [-0.2, 0) is 11.2 Å². The number of ether oxygens (including phenoxy) is 1. The molecule has 1 aliphatic heterocycles. The van der Waals surface area contributed by atoms with Crippen LogP contribution in [0.5, 0.6) is 5.75 Å². The maximum absolute atomic E-state index is 14.4. The summed E-state index contributed by atoms with van der Waals surface area (Å²) in [7, 11) is 6.13. The molecule has 1 aliphatic rings. The van der Waals surface area contributed by atoms with E-state index < -0.39 is 34.3 Å². The van der Waals surface area contributed by atoms with Gasteiger partial charge in [-0.3, -0.25) is 9.69 Å². The first-order valence-electron chi connectivity index (χ1n) is 9.78. The van der Waals surface area contributed by atoms with Gasteiger partial charge >= 0.3 is 14.0 Å². The highest BCUT2D eigenvalue weighted by Gasteiger charge is 2.23. The third kappa shape index (κ3) is 3.81. The van der Waals surface area contributed by atoms with Gasteiger partial charge in [0.25, 0.3) is 0 Å². The third-order valence-corrected chi connectivity index (χ3v) is 5.49. The van der Waals surface area contributed by atoms with E-state index in [1.54, 1.807) is 12.1 Å². The van der Waals surface area contributed by atoms with Crippen molar-refractivity contribution in [1.82, 2.24) is 9.47 Å². The average Bonchev–Trinajstić information content (AvgIpc) is 3.29. The zero-order valence-electron chi connectivity index (χ0n) is 16.9. The van der Waals surface area contributed by atoms with E-state index in [4.69, 9.17) is 12.8 Å². The lowest BCUT2D eigenvalue weighted by Crippen LogP contribution is -2.21. The van der Waals surface area contributed by atoms with E-state index in [1.165, 1.54) is 30.7 Å². The zero-order valence-corrected chi connectivity index (χ0v) is 16.9. The molecule has 2 aromatic carbocycles. The average molecular weight is 424 g/mol. The predicted octanol–water partition coefficient (Wildman–Crippen LogP) is 3.11. The number of hydrogen-bond acceptors (Lipinski definition) is 5. The normalized spacial score (nSPS) is 14.2. The zero-order chi connectivity index (χ0) is 22.1. The smallest absolute Gasteiger partial charge is 0.378 e. The highest BCUT2D eigenvalue weighted by atomic mass is 19.2. The molecular weight excluding hydrogens is 405 g/mol. The fourth-order valence-corrected chi connectivity index (χ4v) is 3.96. The van der Waals surface area contributed by atoms with Gasteiger partial charge in [0.15, 0.2) is 11.6 Å². The van der Waals surface area contributed by atoms with Gasteiger partial charge in [0.2, 0.25) is 11.2 Å². The Kier molecular flexibility index (Phi) is 5.78. The maximum Gasteiger partial charge on any atom is 0.378 e. The summed E-state index contributed by atoms with van der Waals surface area (Å²) in [5.74, 6) is -4.04. The van der Waals surface area contributed by atoms with Crippen molar-refractivity contribution in [2.75, 3.05) is 20.2 Å². The van der Waals surface area contributed by atoms with Crippen molar-refractivity contribution >= 4 is 24.9 Å². The lowest BCUT2D eigenvalue weighted by molar-refractivity contribution is 0.0748. The van der Waals surface area contributed by atoms with Crippen molar-refractivity contribution in [3.63, 3.8) is 0 Å². The van der Waals surface area contributed by atoms with Gasteiger partial charge in [0, 0.05) is 18.4 Å². The van der Waals surface area contributed by atoms with Crippen molar-refractivity contribution in [3.8, 4) is 11.4 Å². The number of carbonyl (C=O) groups excluding carboxylic acids is 1. The minimum atomic E-state index is -1.27. The summed E-state index contributed by atoms with van der Waals surface area (Å²) < 4.78 is 39.2. The molecule has 9 heteroatoms. The van der Waals surface area contributed by atoms with E-state index >= 15 is 0 Å². The summed E-state index contributed by atoms with van der Waals surface area (Å²) in [5, 5.41) is -0.236. The van der Waals surface area contributed by atoms with E-state index in [0.717, 1.165) is 31.3 Å². The van der Waals surface area contributed by atoms with Crippen molar-refractivity contribution in [2.24, 2.45) is 0 Å². The third-order valence-electron chi connectivity index (χ3n) is 5.49. The number of aromatic nitrogens is 1. The molecule has 158 valence electrons. The Morgan fingerprint density at radius 3 is 2.45 bits per heavy atom. The van der Waals surface area contributed by atoms with Crippen molar-refractivity contribution < 1.29 is 23.0 Å². The second kappa shape index (κ2) is 8.51. The molecule has 4 rings (SSSR count). The van der Waals surface area contributed by atoms with Crippen LogP contribution in [0.2, 0.25) is 0 Å². The Labute approximate surface area is 178 Å². The number of benzene rings is 2. The minimum absolute atomic E-state index is 0.00716. The van der Waals surface area contributed by atoms with Gasteiger partial charge in [-0.2, -0.15) is 4.39 Å². The highest BCUT2D eigenvalue weighted by Crippen LogP contribution is 2.32. The Balaban J connectivity index is 1.91. The summed E-state index contributed by atoms with van der Waals surface area (Å²) in [6.45, 7) is 2.91. The van der Waals surface area contributed by atoms with Gasteiger partial charge in [-0.05, 0) is 49.7 Å². The van der Waals surface area contributed by atoms with Crippen LogP contribution in [0.4, 0.5) is 8.78 Å². The van der Waals surface area contributed by atoms with Gasteiger partial charge < -0.3 is 14.0 Å². The summed E-state index contributed by atoms with van der Waals surface area (Å²) in [6.07, 6.45) is 3.56. The van der Waals surface area contributed by atoms with Gasteiger partial charge in [0.1, 0.15) is 11.1 Å². The summed E-state index contributed by atoms with van der Waals surface area (Å²) >= 11 is 0. The van der Waals surface area contributed by atoms with E-state index in [1.807, 2.05) is 12.1 Å². The Morgan fingerprint density at radius 1 is 1.16 bits per heavy atom. The molecular formula is C22H19BF2N2O4. The molecule has 3 aromatic rings. The van der Waals surface area contributed by atoms with Crippen LogP contribution >= 0.6 is 0 Å². The van der Waals surface area contributed by atoms with Crippen LogP contribution in [0.15, 0.2) is 41.3 Å². The monoisotopic (exact) mass is 424 g/mol. The van der Waals surface area contributed by atoms with Crippen LogP contribution in [0.1, 0.15) is 28.8 Å². The number of methoxy groups -OCH3 is 1. The fourth-order valence-electron chi connectivity index (χ4n) is 3.96. The van der Waals surface area contributed by atoms with Crippen LogP contribution in [0, 0.1) is 11.6 Å². The molecule has 0 bridgehead atoms. The van der Waals surface area contributed by atoms with Crippen LogP contribution in [-0.4, -0.2) is 43.7 Å². The summed E-state index contributed by atoms with van der Waals surface area (Å²) in [5.41, 5.74) is 0.341. The number of halogens is 2. The maximum atomic E-state index is 14.4. The van der Waals surface area contributed by atoms with Crippen molar-refractivity contribution in [1.29, 1.82) is 0 Å². The molecule has 0 unspecified atom stereocenters. The van der Waals surface area contributed by atoms with Gasteiger partial charge in [-0.25, -0.2) is 9.18 Å². The van der Waals surface area contributed by atoms with E-state index in [2.05, 4.69) is 9.55 Å². The molecule has 1 aromatic heterocycles. The van der Waals surface area contributed by atoms with E-state index in [0.29, 0.717) is 5.69 Å². The molecule has 1 fully saturated rings. The highest BCUT2D eigenvalue weighted by molar-refractivity contribution is 6.10. The molecule has 0 atom stereocenters. The van der Waals surface area contributed by atoms with Crippen LogP contribution in [0.3, 0.4) is 0 Å². The lowest BCUT2D eigenvalue weighted by Gasteiger charge is -2.18. The molecule has 2 radical (unpaired) electrons. The van der Waals surface area contributed by atoms with Gasteiger partial charge in [-0.15, -0.1) is 0 Å². The molecule has 0 amide bonds. The quantitative estimate of drug-likeness (QED) is 0.590. The fraction of sp³-hybridized carbons (Fsp3) is 0.273. The number of hydrogen-bond donors (Lipinski definition) is 0. The molecule has 1 saturated heterocycles. The minimum Gasteiger partial charge on any atom is -0.540 e. The summed E-state index contributed by atoms with van der Waals surface area (Å²) in [6, 6.07) is 8.10. The second-order valence-electron chi connectivity index (χ2n) is 7.40. The van der Waals surface area contributed by atoms with Crippen LogP contribution in [0.25, 0.3) is 16.6 Å². The molecule has 0 spiro atoms. The Morgan fingerprint density at radius 2 is 1.84 bits per heavy atom. The first-order valence-corrected chi connectivity index (χ1v) is 9.78. The Bertz CT molecular complexity index is 1210. The van der Waals surface area contributed by atoms with Crippen molar-refractivity contribution in [3.05, 3.63) is 69.5 Å². The topological polar surface area (TPSA) is 60.8 Å². The Hall–Kier alpha value is -3.20. The van der Waals surface area contributed by atoms with Crippen molar-refractivity contribution in [2.45, 2.75) is 19.4 Å². The number of fused-ring (bicyclic) bond motifs is 1. The van der Waals surface area contributed by atoms with Gasteiger partial charge in [0.05, 0.1) is 12.5 Å². The first-order chi connectivity index (χ1) is 14.9. The van der Waals surface area contributed by atoms with E-state index in [9.17, 15) is 18.4 Å². The molecule has 0 N–H and O–H groups in total. The molecule has 0 aliphatic carbocycles. The largest absolute Gasteiger partial charge is 0.540 e. The molecule has 2 heterocycles. The number of nitrogens with zero attached hydrogens (tertiary/aromatic N) is 2. The number of pyridine rings is 1. The molecule has 0 saturated carbocycles. The van der Waals surface area contributed by atoms with Crippen LogP contribution < -0.4 is 10.2 Å². The number of carbonyl (C=O) groups is 1. The lowest BCUT2D eigenvalue weighted by atomic mass is 10.1. The van der Waals surface area contributed by atoms with E-state index in [-0.39, 0.29) is 10.9 Å². The second-order valence-corrected chi connectivity index (χ2v) is 7.40. The predicted molar refractivity (Wildman–Crippen MR) is 112 cm³/mol. The summed E-state index contributed by atoms with van der Waals surface area (Å²) in [4.78, 5) is 27.2. The molecule has 6 nitrogen and oxygen atoms in total. The first kappa shape index (κ1) is 21.1.